The second-order valence-electron chi connectivity index (χ2n) is 11.6. The van der Waals surface area contributed by atoms with E-state index in [0.717, 1.165) is 17.2 Å². The van der Waals surface area contributed by atoms with E-state index in [4.69, 9.17) is 4.74 Å². The molecule has 2 rings (SSSR count). The van der Waals surface area contributed by atoms with E-state index in [-0.39, 0.29) is 29.4 Å². The van der Waals surface area contributed by atoms with Crippen LogP contribution >= 0.6 is 0 Å². The molecule has 3 N–H and O–H groups in total. The van der Waals surface area contributed by atoms with E-state index in [2.05, 4.69) is 36.7 Å². The van der Waals surface area contributed by atoms with Crippen LogP contribution < -0.4 is 16.0 Å². The zero-order valence-corrected chi connectivity index (χ0v) is 24.3. The molecule has 38 heavy (non-hydrogen) atoms. The number of nitrogens with one attached hydrogen (secondary N) is 3. The van der Waals surface area contributed by atoms with Crippen molar-refractivity contribution in [2.24, 2.45) is 5.41 Å². The summed E-state index contributed by atoms with van der Waals surface area (Å²) in [5.74, 6) is -0.475. The topological polar surface area (TPSA) is 96.5 Å². The van der Waals surface area contributed by atoms with Gasteiger partial charge in [0.25, 0.3) is 5.91 Å². The molecule has 0 fully saturated rings. The van der Waals surface area contributed by atoms with Crippen molar-refractivity contribution in [3.8, 4) is 0 Å². The van der Waals surface area contributed by atoms with Gasteiger partial charge >= 0.3 is 0 Å². The molecule has 0 aliphatic carbocycles. The first-order valence-corrected chi connectivity index (χ1v) is 13.9. The van der Waals surface area contributed by atoms with Gasteiger partial charge in [0.1, 0.15) is 6.04 Å². The van der Waals surface area contributed by atoms with Gasteiger partial charge in [-0.1, -0.05) is 57.2 Å². The van der Waals surface area contributed by atoms with Crippen molar-refractivity contribution >= 4 is 28.5 Å². The van der Waals surface area contributed by atoms with Crippen LogP contribution in [0.1, 0.15) is 90.9 Å². The van der Waals surface area contributed by atoms with Gasteiger partial charge in [0, 0.05) is 30.2 Å². The summed E-state index contributed by atoms with van der Waals surface area (Å²) in [5.41, 5.74) is -0.171. The minimum Gasteiger partial charge on any atom is -0.376 e. The molecule has 2 aromatic carbocycles. The summed E-state index contributed by atoms with van der Waals surface area (Å²) in [5, 5.41) is 10.7. The summed E-state index contributed by atoms with van der Waals surface area (Å²) in [7, 11) is 0. The lowest BCUT2D eigenvalue weighted by atomic mass is 9.88. The van der Waals surface area contributed by atoms with Gasteiger partial charge in [0.15, 0.2) is 0 Å². The number of carbonyl (C=O) groups is 3. The van der Waals surface area contributed by atoms with Gasteiger partial charge in [0.2, 0.25) is 11.8 Å². The third-order valence-corrected chi connectivity index (χ3v) is 6.98. The highest BCUT2D eigenvalue weighted by Gasteiger charge is 2.28. The summed E-state index contributed by atoms with van der Waals surface area (Å²) in [6.07, 6.45) is 3.42. The highest BCUT2D eigenvalue weighted by Crippen LogP contribution is 2.23. The number of unbranched alkanes of at least 4 members (excludes halogenated alkanes) is 1. The zero-order valence-electron chi connectivity index (χ0n) is 24.3. The van der Waals surface area contributed by atoms with Crippen LogP contribution in [0.15, 0.2) is 42.5 Å². The van der Waals surface area contributed by atoms with Crippen molar-refractivity contribution in [1.29, 1.82) is 0 Å². The maximum atomic E-state index is 13.2. The highest BCUT2D eigenvalue weighted by atomic mass is 16.5. The molecule has 0 spiro atoms. The first kappa shape index (κ1) is 31.3. The Morgan fingerprint density at radius 1 is 0.921 bits per heavy atom. The van der Waals surface area contributed by atoms with E-state index < -0.39 is 11.5 Å². The van der Waals surface area contributed by atoms with Gasteiger partial charge in [-0.25, -0.2) is 0 Å². The summed E-state index contributed by atoms with van der Waals surface area (Å²) in [6.45, 7) is 14.9. The summed E-state index contributed by atoms with van der Waals surface area (Å²) in [6, 6.07) is 12.6. The molecule has 0 saturated carbocycles. The van der Waals surface area contributed by atoms with Crippen molar-refractivity contribution in [1.82, 2.24) is 16.0 Å². The normalized spacial score (nSPS) is 12.8. The molecule has 210 valence electrons. The molecule has 0 saturated heterocycles. The van der Waals surface area contributed by atoms with E-state index in [0.29, 0.717) is 44.4 Å². The number of amides is 3. The minimum atomic E-state index is -0.657. The van der Waals surface area contributed by atoms with Gasteiger partial charge in [-0.3, -0.25) is 14.4 Å². The Morgan fingerprint density at radius 2 is 1.61 bits per heavy atom. The smallest absolute Gasteiger partial charge is 0.252 e. The average molecular weight is 526 g/mol. The molecule has 3 amide bonds. The van der Waals surface area contributed by atoms with E-state index >= 15 is 0 Å². The number of hydrogen-bond donors (Lipinski definition) is 3. The SMILES string of the molecule is CCC(C)(C)OCCC(C)(C)C(=O)NCCCCC(NC(=O)c1cccc2ccccc12)C(=O)NC(C)C. The van der Waals surface area contributed by atoms with Crippen molar-refractivity contribution < 1.29 is 19.1 Å². The number of ether oxygens (including phenoxy) is 1. The molecule has 0 bridgehead atoms. The maximum Gasteiger partial charge on any atom is 0.252 e. The monoisotopic (exact) mass is 525 g/mol. The standard InChI is InChI=1S/C31H47N3O4/c1-8-31(6,7)38-21-19-30(4,5)29(37)32-20-12-11-18-26(28(36)33-22(2)3)34-27(35)25-17-13-15-23-14-9-10-16-24(23)25/h9-10,13-17,22,26H,8,11-12,18-21H2,1-7H3,(H,32,37)(H,33,36)(H,34,35). The first-order valence-electron chi connectivity index (χ1n) is 13.9. The molecular weight excluding hydrogens is 478 g/mol. The Kier molecular flexibility index (Phi) is 11.8. The Hall–Kier alpha value is -2.93. The van der Waals surface area contributed by atoms with Crippen LogP contribution in [0.4, 0.5) is 0 Å². The molecule has 1 atom stereocenters. The van der Waals surface area contributed by atoms with Crippen molar-refractivity contribution in [2.75, 3.05) is 13.2 Å². The molecule has 0 aromatic heterocycles. The first-order chi connectivity index (χ1) is 17.9. The van der Waals surface area contributed by atoms with Crippen LogP contribution in [-0.4, -0.2) is 48.6 Å². The van der Waals surface area contributed by atoms with Crippen LogP contribution in [0.5, 0.6) is 0 Å². The number of fused-ring (bicyclic) bond motifs is 1. The van der Waals surface area contributed by atoms with E-state index in [1.165, 1.54) is 0 Å². The summed E-state index contributed by atoms with van der Waals surface area (Å²) < 4.78 is 5.92. The quantitative estimate of drug-likeness (QED) is 0.272. The molecule has 0 aliphatic rings. The molecule has 1 unspecified atom stereocenters. The molecule has 0 heterocycles. The predicted molar refractivity (Wildman–Crippen MR) is 154 cm³/mol. The Bertz CT molecular complexity index is 1070. The molecular formula is C31H47N3O4. The van der Waals surface area contributed by atoms with Crippen molar-refractivity contribution in [3.05, 3.63) is 48.0 Å². The third-order valence-electron chi connectivity index (χ3n) is 6.98. The maximum absolute atomic E-state index is 13.2. The summed E-state index contributed by atoms with van der Waals surface area (Å²) in [4.78, 5) is 38.8. The fraction of sp³-hybridized carbons (Fsp3) is 0.581. The van der Waals surface area contributed by atoms with Gasteiger partial charge < -0.3 is 20.7 Å². The molecule has 0 aliphatic heterocycles. The lowest BCUT2D eigenvalue weighted by Crippen LogP contribution is -2.48. The number of rotatable bonds is 15. The van der Waals surface area contributed by atoms with Crippen LogP contribution in [0.2, 0.25) is 0 Å². The largest absolute Gasteiger partial charge is 0.376 e. The van der Waals surface area contributed by atoms with Crippen LogP contribution in [0.3, 0.4) is 0 Å². The zero-order chi connectivity index (χ0) is 28.3. The second kappa shape index (κ2) is 14.3. The second-order valence-corrected chi connectivity index (χ2v) is 11.6. The molecule has 7 nitrogen and oxygen atoms in total. The average Bonchev–Trinajstić information content (AvgIpc) is 2.86. The highest BCUT2D eigenvalue weighted by molar-refractivity contribution is 6.08. The Labute approximate surface area is 228 Å². The van der Waals surface area contributed by atoms with E-state index in [9.17, 15) is 14.4 Å². The van der Waals surface area contributed by atoms with Gasteiger partial charge in [0.05, 0.1) is 5.60 Å². The number of carbonyl (C=O) groups excluding carboxylic acids is 3. The molecule has 0 radical (unpaired) electrons. The Morgan fingerprint density at radius 3 is 2.29 bits per heavy atom. The lowest BCUT2D eigenvalue weighted by Gasteiger charge is -2.28. The molecule has 7 heteroatoms. The lowest BCUT2D eigenvalue weighted by molar-refractivity contribution is -0.131. The van der Waals surface area contributed by atoms with E-state index in [1.54, 1.807) is 6.07 Å². The van der Waals surface area contributed by atoms with Crippen molar-refractivity contribution in [3.63, 3.8) is 0 Å². The predicted octanol–water partition coefficient (Wildman–Crippen LogP) is 5.37. The fourth-order valence-electron chi connectivity index (χ4n) is 4.03. The van der Waals surface area contributed by atoms with Gasteiger partial charge in [-0.2, -0.15) is 0 Å². The van der Waals surface area contributed by atoms with Crippen molar-refractivity contribution in [2.45, 2.75) is 98.3 Å². The van der Waals surface area contributed by atoms with Crippen LogP contribution in [-0.2, 0) is 14.3 Å². The van der Waals surface area contributed by atoms with Gasteiger partial charge in [-0.15, -0.1) is 0 Å². The third kappa shape index (κ3) is 9.75. The van der Waals surface area contributed by atoms with Gasteiger partial charge in [-0.05, 0) is 76.6 Å². The number of benzene rings is 2. The van der Waals surface area contributed by atoms with E-state index in [1.807, 2.05) is 64.1 Å². The minimum absolute atomic E-state index is 0.00577. The fourth-order valence-corrected chi connectivity index (χ4v) is 4.03. The molecule has 2 aromatic rings. The summed E-state index contributed by atoms with van der Waals surface area (Å²) >= 11 is 0. The number of hydrogen-bond acceptors (Lipinski definition) is 4. The van der Waals surface area contributed by atoms with Crippen LogP contribution in [0.25, 0.3) is 10.8 Å². The van der Waals surface area contributed by atoms with Crippen LogP contribution in [0, 0.1) is 5.41 Å². The Balaban J connectivity index is 1.90.